The Morgan fingerprint density at radius 1 is 0.296 bits per heavy atom. The summed E-state index contributed by atoms with van der Waals surface area (Å²) in [7, 11) is 0. The first-order valence-electron chi connectivity index (χ1n) is 37.8. The Bertz CT molecular complexity index is 1180. The van der Waals surface area contributed by atoms with Crippen molar-refractivity contribution in [3.63, 3.8) is 0 Å². The highest BCUT2D eigenvalue weighted by atomic mass is 16.5. The monoisotopic (exact) mass is 1140 g/mol. The normalized spacial score (nSPS) is 12.4. The van der Waals surface area contributed by atoms with E-state index in [0.29, 0.717) is 25.9 Å². The molecule has 0 bridgehead atoms. The van der Waals surface area contributed by atoms with Crippen LogP contribution in [-0.4, -0.2) is 47.4 Å². The van der Waals surface area contributed by atoms with Crippen LogP contribution in [0, 0.1) is 0 Å². The van der Waals surface area contributed by atoms with Crippen molar-refractivity contribution in [3.8, 4) is 0 Å². The van der Waals surface area contributed by atoms with E-state index in [1.807, 2.05) is 0 Å². The molecule has 0 radical (unpaired) electrons. The molecule has 2 unspecified atom stereocenters. The van der Waals surface area contributed by atoms with Gasteiger partial charge in [0.05, 0.1) is 25.4 Å². The summed E-state index contributed by atoms with van der Waals surface area (Å²) >= 11 is 0. The molecule has 0 aliphatic heterocycles. The van der Waals surface area contributed by atoms with E-state index in [1.165, 1.54) is 372 Å². The first-order chi connectivity index (χ1) is 40.0. The molecule has 6 heteroatoms. The Kier molecular flexibility index (Phi) is 70.3. The van der Waals surface area contributed by atoms with Gasteiger partial charge in [0.1, 0.15) is 0 Å². The maximum atomic E-state index is 12.6. The van der Waals surface area contributed by atoms with Crippen LogP contribution >= 0.6 is 0 Å². The number of esters is 1. The molecule has 0 saturated carbocycles. The van der Waals surface area contributed by atoms with Crippen molar-refractivity contribution in [1.29, 1.82) is 0 Å². The van der Waals surface area contributed by atoms with Crippen LogP contribution in [0.1, 0.15) is 444 Å². The van der Waals surface area contributed by atoms with Gasteiger partial charge in [0, 0.05) is 12.8 Å². The van der Waals surface area contributed by atoms with Crippen LogP contribution in [-0.2, 0) is 14.3 Å². The summed E-state index contributed by atoms with van der Waals surface area (Å²) in [6, 6.07) is -0.539. The van der Waals surface area contributed by atoms with Crippen molar-refractivity contribution in [1.82, 2.24) is 5.32 Å². The van der Waals surface area contributed by atoms with Gasteiger partial charge >= 0.3 is 5.97 Å². The average molecular weight is 1150 g/mol. The second-order valence-corrected chi connectivity index (χ2v) is 26.4. The Labute approximate surface area is 508 Å². The topological polar surface area (TPSA) is 95.9 Å². The van der Waals surface area contributed by atoms with Crippen LogP contribution in [0.5, 0.6) is 0 Å². The van der Waals surface area contributed by atoms with E-state index < -0.39 is 12.1 Å². The smallest absolute Gasteiger partial charge is 0.305 e. The molecular formula is C75H149NO5. The molecular weight excluding hydrogens is 995 g/mol. The van der Waals surface area contributed by atoms with Crippen LogP contribution in [0.3, 0.4) is 0 Å². The average Bonchev–Trinajstić information content (AvgIpc) is 3.47. The van der Waals surface area contributed by atoms with Gasteiger partial charge in [-0.15, -0.1) is 0 Å². The molecule has 0 fully saturated rings. The second kappa shape index (κ2) is 71.3. The minimum absolute atomic E-state index is 0.0206. The maximum Gasteiger partial charge on any atom is 0.305 e. The maximum absolute atomic E-state index is 12.6. The lowest BCUT2D eigenvalue weighted by Crippen LogP contribution is -2.45. The number of hydrogen-bond donors (Lipinski definition) is 3. The summed E-state index contributed by atoms with van der Waals surface area (Å²) in [4.78, 5) is 24.6. The van der Waals surface area contributed by atoms with Gasteiger partial charge in [0.2, 0.25) is 5.91 Å². The summed E-state index contributed by atoms with van der Waals surface area (Å²) < 4.78 is 5.48. The lowest BCUT2D eigenvalue weighted by molar-refractivity contribution is -0.143. The third-order valence-corrected chi connectivity index (χ3v) is 18.2. The van der Waals surface area contributed by atoms with Crippen molar-refractivity contribution in [3.05, 3.63) is 0 Å². The van der Waals surface area contributed by atoms with Crippen LogP contribution in [0.2, 0.25) is 0 Å². The zero-order valence-electron chi connectivity index (χ0n) is 55.6. The summed E-state index contributed by atoms with van der Waals surface area (Å²) in [6.45, 7) is 5.01. The van der Waals surface area contributed by atoms with E-state index in [1.54, 1.807) is 0 Å². The predicted molar refractivity (Wildman–Crippen MR) is 357 cm³/mol. The van der Waals surface area contributed by atoms with Crippen LogP contribution < -0.4 is 5.32 Å². The van der Waals surface area contributed by atoms with E-state index in [2.05, 4.69) is 19.2 Å². The molecule has 0 spiro atoms. The quantitative estimate of drug-likeness (QED) is 0.0417. The first-order valence-corrected chi connectivity index (χ1v) is 37.8. The molecule has 2 atom stereocenters. The molecule has 1 amide bonds. The minimum Gasteiger partial charge on any atom is -0.466 e. The molecule has 484 valence electrons. The van der Waals surface area contributed by atoms with Gasteiger partial charge in [-0.2, -0.15) is 0 Å². The van der Waals surface area contributed by atoms with Crippen molar-refractivity contribution in [2.75, 3.05) is 13.2 Å². The lowest BCUT2D eigenvalue weighted by Gasteiger charge is -2.22. The fourth-order valence-corrected chi connectivity index (χ4v) is 12.4. The lowest BCUT2D eigenvalue weighted by atomic mass is 10.0. The number of ether oxygens (including phenoxy) is 1. The number of unbranched alkanes of at least 4 members (excludes halogenated alkanes) is 61. The highest BCUT2D eigenvalue weighted by Gasteiger charge is 2.20. The van der Waals surface area contributed by atoms with E-state index in [0.717, 1.165) is 38.5 Å². The highest BCUT2D eigenvalue weighted by Crippen LogP contribution is 2.20. The van der Waals surface area contributed by atoms with Crippen molar-refractivity contribution >= 4 is 11.9 Å². The summed E-state index contributed by atoms with van der Waals surface area (Å²) in [6.07, 6.45) is 87.5. The van der Waals surface area contributed by atoms with Gasteiger partial charge in [0.15, 0.2) is 0 Å². The first kappa shape index (κ1) is 79.9. The number of aliphatic hydroxyl groups excluding tert-OH is 2. The van der Waals surface area contributed by atoms with Gasteiger partial charge in [-0.3, -0.25) is 9.59 Å². The Morgan fingerprint density at radius 2 is 0.506 bits per heavy atom. The number of carbonyl (C=O) groups excluding carboxylic acids is 2. The number of rotatable bonds is 72. The third kappa shape index (κ3) is 67.9. The predicted octanol–water partition coefficient (Wildman–Crippen LogP) is 24.5. The van der Waals surface area contributed by atoms with E-state index in [9.17, 15) is 19.8 Å². The summed E-state index contributed by atoms with van der Waals surface area (Å²) in [5.74, 6) is -0.00452. The van der Waals surface area contributed by atoms with Crippen molar-refractivity contribution in [2.24, 2.45) is 0 Å². The zero-order valence-corrected chi connectivity index (χ0v) is 55.6. The molecule has 81 heavy (non-hydrogen) atoms. The molecule has 0 saturated heterocycles. The van der Waals surface area contributed by atoms with Crippen LogP contribution in [0.25, 0.3) is 0 Å². The number of hydrogen-bond acceptors (Lipinski definition) is 5. The number of aliphatic hydroxyl groups is 2. The molecule has 0 rings (SSSR count). The molecule has 0 aliphatic carbocycles. The third-order valence-electron chi connectivity index (χ3n) is 18.2. The van der Waals surface area contributed by atoms with Gasteiger partial charge < -0.3 is 20.3 Å². The Hall–Kier alpha value is -1.14. The van der Waals surface area contributed by atoms with Gasteiger partial charge in [-0.1, -0.05) is 406 Å². The molecule has 6 nitrogen and oxygen atoms in total. The second-order valence-electron chi connectivity index (χ2n) is 26.4. The van der Waals surface area contributed by atoms with E-state index >= 15 is 0 Å². The van der Waals surface area contributed by atoms with Crippen LogP contribution in [0.4, 0.5) is 0 Å². The highest BCUT2D eigenvalue weighted by molar-refractivity contribution is 5.76. The number of amides is 1. The van der Waals surface area contributed by atoms with E-state index in [-0.39, 0.29) is 18.5 Å². The van der Waals surface area contributed by atoms with Crippen LogP contribution in [0.15, 0.2) is 0 Å². The van der Waals surface area contributed by atoms with Gasteiger partial charge in [-0.05, 0) is 25.7 Å². The largest absolute Gasteiger partial charge is 0.466 e. The van der Waals surface area contributed by atoms with Crippen molar-refractivity contribution < 1.29 is 24.5 Å². The fourth-order valence-electron chi connectivity index (χ4n) is 12.4. The van der Waals surface area contributed by atoms with E-state index in [4.69, 9.17) is 4.74 Å². The number of nitrogens with one attached hydrogen (secondary N) is 1. The Balaban J connectivity index is 3.34. The standard InChI is InChI=1S/C75H149NO5/c1-3-5-7-9-11-13-15-16-17-18-19-20-21-29-32-35-38-41-44-48-51-55-59-63-67-73(78)72(71-77)76-74(79)68-64-60-56-52-49-45-42-39-36-33-30-27-25-23-22-24-26-28-31-34-37-40-43-46-50-54-58-62-66-70-81-75(80)69-65-61-57-53-47-14-12-10-8-6-4-2/h72-73,77-78H,3-71H2,1-2H3,(H,76,79). The van der Waals surface area contributed by atoms with Gasteiger partial charge in [0.25, 0.3) is 0 Å². The molecule has 0 aromatic rings. The van der Waals surface area contributed by atoms with Gasteiger partial charge in [-0.25, -0.2) is 0 Å². The summed E-state index contributed by atoms with van der Waals surface area (Å²) in [5.41, 5.74) is 0. The molecule has 0 aliphatic rings. The zero-order chi connectivity index (χ0) is 58.5. The number of carbonyl (C=O) groups is 2. The molecule has 0 aromatic carbocycles. The Morgan fingerprint density at radius 3 is 0.753 bits per heavy atom. The molecule has 3 N–H and O–H groups in total. The van der Waals surface area contributed by atoms with Crippen molar-refractivity contribution in [2.45, 2.75) is 456 Å². The fraction of sp³-hybridized carbons (Fsp3) is 0.973. The summed E-state index contributed by atoms with van der Waals surface area (Å²) in [5, 5.41) is 23.5. The molecule has 0 heterocycles. The SMILES string of the molecule is CCCCCCCCCCCCCCCCCCCCCCCCCCC(O)C(CO)NC(=O)CCCCCCCCCCCCCCCCCCCCCCCCCCCCCCCOC(=O)CCCCCCCCCCCCC. The molecule has 0 aromatic heterocycles. The minimum atomic E-state index is -0.662.